The third kappa shape index (κ3) is 5.50. The quantitative estimate of drug-likeness (QED) is 0.747. The van der Waals surface area contributed by atoms with E-state index in [0.717, 1.165) is 36.9 Å². The minimum atomic E-state index is -0.0454. The number of carbonyl (C=O) groups excluding carboxylic acids is 2. The first-order valence-electron chi connectivity index (χ1n) is 9.95. The van der Waals surface area contributed by atoms with Crippen molar-refractivity contribution in [3.63, 3.8) is 0 Å². The van der Waals surface area contributed by atoms with Crippen molar-refractivity contribution in [2.75, 3.05) is 19.5 Å². The van der Waals surface area contributed by atoms with Crippen LogP contribution in [0, 0.1) is 11.8 Å². The van der Waals surface area contributed by atoms with Crippen molar-refractivity contribution in [3.05, 3.63) is 54.1 Å². The van der Waals surface area contributed by atoms with Crippen LogP contribution in [0.4, 0.5) is 5.69 Å². The van der Waals surface area contributed by atoms with Gasteiger partial charge in [0.1, 0.15) is 0 Å². The summed E-state index contributed by atoms with van der Waals surface area (Å²) in [5.74, 6) is 1.31. The van der Waals surface area contributed by atoms with Crippen LogP contribution in [-0.2, 0) is 16.1 Å². The Morgan fingerprint density at radius 2 is 1.48 bits per heavy atom. The average Bonchev–Trinajstić information content (AvgIpc) is 2.78. The molecule has 0 radical (unpaired) electrons. The molecule has 2 aromatic carbocycles. The predicted molar refractivity (Wildman–Crippen MR) is 112 cm³/mol. The Balaban J connectivity index is 1.46. The van der Waals surface area contributed by atoms with E-state index < -0.39 is 0 Å². The number of carbonyl (C=O) groups is 2. The van der Waals surface area contributed by atoms with E-state index in [0.29, 0.717) is 18.0 Å². The molecule has 0 spiro atoms. The summed E-state index contributed by atoms with van der Waals surface area (Å²) in [6.07, 6.45) is 2.91. The second-order valence-electron chi connectivity index (χ2n) is 7.31. The molecule has 0 atom stereocenters. The van der Waals surface area contributed by atoms with Crippen LogP contribution < -0.4 is 20.1 Å². The average molecular weight is 396 g/mol. The number of para-hydroxylation sites is 1. The minimum Gasteiger partial charge on any atom is -0.493 e. The molecule has 1 aliphatic rings. The standard InChI is InChI=1S/C23H28N2O4/c1-28-20-13-8-16(14-21(20)29-2)15-24-22(26)17-9-11-18(12-10-17)23(27)25-19-6-4-3-5-7-19/h3-8,13-14,17-18H,9-12,15H2,1-2H3,(H,24,26)(H,25,27). The highest BCUT2D eigenvalue weighted by Crippen LogP contribution is 2.30. The molecule has 1 fully saturated rings. The van der Waals surface area contributed by atoms with Crippen molar-refractivity contribution < 1.29 is 19.1 Å². The van der Waals surface area contributed by atoms with Crippen LogP contribution in [0.2, 0.25) is 0 Å². The highest BCUT2D eigenvalue weighted by molar-refractivity contribution is 5.92. The van der Waals surface area contributed by atoms with Gasteiger partial charge in [-0.3, -0.25) is 9.59 Å². The van der Waals surface area contributed by atoms with Crippen molar-refractivity contribution in [3.8, 4) is 11.5 Å². The molecule has 6 heteroatoms. The molecule has 2 aromatic rings. The summed E-state index contributed by atoms with van der Waals surface area (Å²) < 4.78 is 10.5. The lowest BCUT2D eigenvalue weighted by Gasteiger charge is -2.27. The summed E-state index contributed by atoms with van der Waals surface area (Å²) in [5.41, 5.74) is 1.76. The van der Waals surface area contributed by atoms with Gasteiger partial charge in [-0.15, -0.1) is 0 Å². The van der Waals surface area contributed by atoms with Crippen LogP contribution in [0.15, 0.2) is 48.5 Å². The van der Waals surface area contributed by atoms with E-state index in [1.54, 1.807) is 14.2 Å². The number of ether oxygens (including phenoxy) is 2. The third-order valence-corrected chi connectivity index (χ3v) is 5.42. The maximum Gasteiger partial charge on any atom is 0.227 e. The molecule has 0 bridgehead atoms. The minimum absolute atomic E-state index is 0.0369. The second kappa shape index (κ2) is 9.96. The summed E-state index contributed by atoms with van der Waals surface area (Å²) >= 11 is 0. The number of amides is 2. The van der Waals surface area contributed by atoms with Crippen molar-refractivity contribution in [1.82, 2.24) is 5.32 Å². The van der Waals surface area contributed by atoms with Crippen LogP contribution in [0.1, 0.15) is 31.2 Å². The Morgan fingerprint density at radius 1 is 0.862 bits per heavy atom. The van der Waals surface area contributed by atoms with Gasteiger partial charge in [-0.05, 0) is 55.5 Å². The lowest BCUT2D eigenvalue weighted by molar-refractivity contribution is -0.128. The molecule has 1 aliphatic carbocycles. The topological polar surface area (TPSA) is 76.7 Å². The van der Waals surface area contributed by atoms with E-state index in [1.165, 1.54) is 0 Å². The molecule has 0 aliphatic heterocycles. The second-order valence-corrected chi connectivity index (χ2v) is 7.31. The van der Waals surface area contributed by atoms with Crippen LogP contribution in [-0.4, -0.2) is 26.0 Å². The van der Waals surface area contributed by atoms with E-state index in [1.807, 2.05) is 48.5 Å². The van der Waals surface area contributed by atoms with Crippen LogP contribution in [0.25, 0.3) is 0 Å². The van der Waals surface area contributed by atoms with Gasteiger partial charge in [0, 0.05) is 24.1 Å². The number of hydrogen-bond donors (Lipinski definition) is 2. The normalized spacial score (nSPS) is 18.6. The smallest absolute Gasteiger partial charge is 0.227 e. The van der Waals surface area contributed by atoms with Crippen molar-refractivity contribution in [2.24, 2.45) is 11.8 Å². The third-order valence-electron chi connectivity index (χ3n) is 5.42. The zero-order chi connectivity index (χ0) is 20.6. The Morgan fingerprint density at radius 3 is 2.10 bits per heavy atom. The molecule has 0 aromatic heterocycles. The maximum absolute atomic E-state index is 12.5. The molecule has 0 saturated heterocycles. The number of methoxy groups -OCH3 is 2. The molecule has 3 rings (SSSR count). The molecular formula is C23H28N2O4. The number of anilines is 1. The van der Waals surface area contributed by atoms with E-state index in [9.17, 15) is 9.59 Å². The largest absolute Gasteiger partial charge is 0.493 e. The Labute approximate surface area is 171 Å². The van der Waals surface area contributed by atoms with Gasteiger partial charge < -0.3 is 20.1 Å². The molecule has 1 saturated carbocycles. The number of benzene rings is 2. The lowest BCUT2D eigenvalue weighted by Crippen LogP contribution is -2.35. The van der Waals surface area contributed by atoms with Gasteiger partial charge in [0.2, 0.25) is 11.8 Å². The van der Waals surface area contributed by atoms with Crippen LogP contribution >= 0.6 is 0 Å². The number of rotatable bonds is 7. The first kappa shape index (κ1) is 20.7. The summed E-state index contributed by atoms with van der Waals surface area (Å²) in [5, 5.41) is 5.97. The highest BCUT2D eigenvalue weighted by atomic mass is 16.5. The molecule has 0 unspecified atom stereocenters. The van der Waals surface area contributed by atoms with Gasteiger partial charge in [-0.25, -0.2) is 0 Å². The zero-order valence-electron chi connectivity index (χ0n) is 16.9. The summed E-state index contributed by atoms with van der Waals surface area (Å²) in [4.78, 5) is 25.0. The number of nitrogens with one attached hydrogen (secondary N) is 2. The highest BCUT2D eigenvalue weighted by Gasteiger charge is 2.29. The van der Waals surface area contributed by atoms with Crippen LogP contribution in [0.5, 0.6) is 11.5 Å². The summed E-state index contributed by atoms with van der Waals surface area (Å²) in [6, 6.07) is 15.1. The molecule has 29 heavy (non-hydrogen) atoms. The van der Waals surface area contributed by atoms with Gasteiger partial charge >= 0.3 is 0 Å². The molecule has 154 valence electrons. The monoisotopic (exact) mass is 396 g/mol. The fourth-order valence-electron chi connectivity index (χ4n) is 3.71. The fraction of sp³-hybridized carbons (Fsp3) is 0.391. The van der Waals surface area contributed by atoms with Crippen molar-refractivity contribution in [2.45, 2.75) is 32.2 Å². The molecule has 2 N–H and O–H groups in total. The van der Waals surface area contributed by atoms with E-state index in [4.69, 9.17) is 9.47 Å². The van der Waals surface area contributed by atoms with E-state index in [2.05, 4.69) is 10.6 Å². The Hall–Kier alpha value is -3.02. The van der Waals surface area contributed by atoms with Gasteiger partial charge in [0.15, 0.2) is 11.5 Å². The first-order valence-corrected chi connectivity index (χ1v) is 9.95. The SMILES string of the molecule is COc1ccc(CNC(=O)C2CCC(C(=O)Nc3ccccc3)CC2)cc1OC. The van der Waals surface area contributed by atoms with Gasteiger partial charge in [-0.1, -0.05) is 24.3 Å². The maximum atomic E-state index is 12.5. The molecule has 0 heterocycles. The Bertz CT molecular complexity index is 830. The first-order chi connectivity index (χ1) is 14.1. The predicted octanol–water partition coefficient (Wildman–Crippen LogP) is 3.77. The zero-order valence-corrected chi connectivity index (χ0v) is 16.9. The van der Waals surface area contributed by atoms with Gasteiger partial charge in [0.05, 0.1) is 14.2 Å². The summed E-state index contributed by atoms with van der Waals surface area (Å²) in [6.45, 7) is 0.438. The van der Waals surface area contributed by atoms with Crippen LogP contribution in [0.3, 0.4) is 0 Å². The number of hydrogen-bond acceptors (Lipinski definition) is 4. The van der Waals surface area contributed by atoms with Crippen molar-refractivity contribution >= 4 is 17.5 Å². The Kier molecular flexibility index (Phi) is 7.11. The molecule has 2 amide bonds. The van der Waals surface area contributed by atoms with E-state index >= 15 is 0 Å². The van der Waals surface area contributed by atoms with Gasteiger partial charge in [0.25, 0.3) is 0 Å². The molecule has 6 nitrogen and oxygen atoms in total. The molecular weight excluding hydrogens is 368 g/mol. The lowest BCUT2D eigenvalue weighted by atomic mass is 9.81. The summed E-state index contributed by atoms with van der Waals surface area (Å²) in [7, 11) is 3.18. The van der Waals surface area contributed by atoms with Crippen molar-refractivity contribution in [1.29, 1.82) is 0 Å². The van der Waals surface area contributed by atoms with E-state index in [-0.39, 0.29) is 23.7 Å². The fourth-order valence-corrected chi connectivity index (χ4v) is 3.71. The van der Waals surface area contributed by atoms with Gasteiger partial charge in [-0.2, -0.15) is 0 Å².